The first-order chi connectivity index (χ1) is 21.2. The van der Waals surface area contributed by atoms with Gasteiger partial charge in [0.25, 0.3) is 5.56 Å². The molecule has 2 bridgehead atoms. The summed E-state index contributed by atoms with van der Waals surface area (Å²) in [5.74, 6) is -4.08. The molecule has 2 unspecified atom stereocenters. The van der Waals surface area contributed by atoms with E-state index < -0.39 is 75.0 Å². The second kappa shape index (κ2) is 11.0. The fraction of sp³-hybridized carbons (Fsp3) is 0.526. The molecular formula is C19H24F2N11O9P2S2+. The van der Waals surface area contributed by atoms with Crippen LogP contribution in [0.3, 0.4) is 0 Å². The molecule has 3 fully saturated rings. The van der Waals surface area contributed by atoms with Crippen molar-refractivity contribution < 1.29 is 51.7 Å². The number of nitrogens with two attached hydrogens (primary N) is 3. The molecule has 10 N–H and O–H groups in total. The Balaban J connectivity index is 1.19. The Morgan fingerprint density at radius 3 is 2.64 bits per heavy atom. The van der Waals surface area contributed by atoms with Crippen LogP contribution >= 0.6 is 13.4 Å². The van der Waals surface area contributed by atoms with Crippen molar-refractivity contribution in [2.24, 2.45) is 0 Å². The molecule has 45 heavy (non-hydrogen) atoms. The van der Waals surface area contributed by atoms with Crippen LogP contribution in [0.5, 0.6) is 0 Å². The van der Waals surface area contributed by atoms with Crippen molar-refractivity contribution in [3.8, 4) is 0 Å². The van der Waals surface area contributed by atoms with Crippen LogP contribution in [-0.4, -0.2) is 89.1 Å². The van der Waals surface area contributed by atoms with Gasteiger partial charge in [0.15, 0.2) is 35.0 Å². The molecule has 0 aliphatic carbocycles. The van der Waals surface area contributed by atoms with Crippen molar-refractivity contribution in [2.45, 2.75) is 49.2 Å². The lowest BCUT2D eigenvalue weighted by atomic mass is 10.1. The minimum absolute atomic E-state index is 0.00414. The highest BCUT2D eigenvalue weighted by Crippen LogP contribution is 2.55. The van der Waals surface area contributed by atoms with E-state index in [4.69, 9.17) is 62.6 Å². The zero-order valence-electron chi connectivity index (χ0n) is 22.4. The van der Waals surface area contributed by atoms with Gasteiger partial charge in [0.2, 0.25) is 18.0 Å². The number of fused-ring (bicyclic) bond motifs is 5. The lowest BCUT2D eigenvalue weighted by Crippen LogP contribution is -2.98. The highest BCUT2D eigenvalue weighted by Gasteiger charge is 2.66. The Kier molecular flexibility index (Phi) is 7.60. The van der Waals surface area contributed by atoms with E-state index in [2.05, 4.69) is 30.3 Å². The Bertz CT molecular complexity index is 1820. The van der Waals surface area contributed by atoms with Gasteiger partial charge in [-0.25, -0.2) is 20.4 Å². The summed E-state index contributed by atoms with van der Waals surface area (Å²) in [6.45, 7) is -9.82. The van der Waals surface area contributed by atoms with E-state index in [1.54, 1.807) is 0 Å². The van der Waals surface area contributed by atoms with Gasteiger partial charge >= 0.3 is 19.4 Å². The van der Waals surface area contributed by atoms with Gasteiger partial charge in [-0.05, 0) is 23.6 Å². The second-order valence-electron chi connectivity index (χ2n) is 10.2. The number of anilines is 4. The molecular weight excluding hydrogens is 690 g/mol. The van der Waals surface area contributed by atoms with Crippen molar-refractivity contribution in [2.75, 3.05) is 35.1 Å². The van der Waals surface area contributed by atoms with E-state index in [-0.39, 0.29) is 40.9 Å². The fourth-order valence-corrected chi connectivity index (χ4v) is 8.22. The molecule has 244 valence electrons. The fourth-order valence-electron chi connectivity index (χ4n) is 5.34. The molecule has 3 aromatic heterocycles. The molecule has 0 spiro atoms. The average molecular weight is 715 g/mol. The van der Waals surface area contributed by atoms with Crippen LogP contribution < -0.4 is 33.0 Å². The summed E-state index contributed by atoms with van der Waals surface area (Å²) in [6, 6.07) is 0. The Morgan fingerprint density at radius 1 is 1.09 bits per heavy atom. The molecule has 3 saturated heterocycles. The lowest BCUT2D eigenvalue weighted by Gasteiger charge is -2.29. The monoisotopic (exact) mass is 714 g/mol. The van der Waals surface area contributed by atoms with Crippen LogP contribution in [0.4, 0.5) is 32.1 Å². The highest BCUT2D eigenvalue weighted by atomic mass is 32.5. The first kappa shape index (κ1) is 31.1. The van der Waals surface area contributed by atoms with Gasteiger partial charge in [-0.2, -0.15) is 13.8 Å². The normalized spacial score (nSPS) is 36.5. The summed E-state index contributed by atoms with van der Waals surface area (Å²) in [6.07, 6.45) is -6.69. The first-order valence-electron chi connectivity index (χ1n) is 12.9. The molecule has 4 aliphatic rings. The predicted molar refractivity (Wildman–Crippen MR) is 154 cm³/mol. The molecule has 0 aromatic carbocycles. The van der Waals surface area contributed by atoms with E-state index in [9.17, 15) is 14.6 Å². The molecule has 0 radical (unpaired) electrons. The SMILES string of the molecule is Nc1nc2c(ncn2[C@@H]2O[C@@H]3COP(O)(=S)O[C@@H]4[C@@H](COP(O)(=S)O[C@@H]2C3)O[C@@H](N2[NH2+]Nc3c(N)ncnc32)C4(F)F)c(=O)[nH]1. The third-order valence-corrected chi connectivity index (χ3v) is 10.4. The number of hydrogen-bond acceptors (Lipinski definition) is 17. The molecule has 0 amide bonds. The van der Waals surface area contributed by atoms with Crippen LogP contribution in [0.15, 0.2) is 17.4 Å². The maximum atomic E-state index is 16.0. The van der Waals surface area contributed by atoms with Gasteiger partial charge in [-0.3, -0.25) is 18.9 Å². The number of H-pyrrole nitrogens is 1. The number of ether oxygens (including phenoxy) is 2. The van der Waals surface area contributed by atoms with E-state index in [0.717, 1.165) is 16.9 Å². The van der Waals surface area contributed by atoms with Crippen LogP contribution in [-0.2, 0) is 51.2 Å². The Hall–Kier alpha value is -2.57. The topological polar surface area (TPSA) is 269 Å². The molecule has 3 aromatic rings. The number of aromatic nitrogens is 6. The number of quaternary nitrogens is 1. The smallest absolute Gasteiger partial charge is 0.325 e. The molecule has 20 nitrogen and oxygen atoms in total. The quantitative estimate of drug-likeness (QED) is 0.115. The van der Waals surface area contributed by atoms with Crippen molar-refractivity contribution in [3.63, 3.8) is 0 Å². The number of nitrogens with zero attached hydrogens (tertiary/aromatic N) is 6. The third-order valence-electron chi connectivity index (χ3n) is 7.26. The summed E-state index contributed by atoms with van der Waals surface area (Å²) < 4.78 is 67.2. The molecule has 4 aliphatic heterocycles. The lowest BCUT2D eigenvalue weighted by molar-refractivity contribution is -0.644. The van der Waals surface area contributed by atoms with Crippen molar-refractivity contribution >= 4 is 71.5 Å². The zero-order valence-corrected chi connectivity index (χ0v) is 25.8. The molecule has 7 rings (SSSR count). The number of halogens is 2. The third kappa shape index (κ3) is 5.58. The van der Waals surface area contributed by atoms with E-state index in [1.807, 2.05) is 0 Å². The number of aromatic amines is 1. The summed E-state index contributed by atoms with van der Waals surface area (Å²) in [5, 5.41) is 0.972. The van der Waals surface area contributed by atoms with E-state index in [1.165, 1.54) is 10.9 Å². The maximum absolute atomic E-state index is 16.0. The van der Waals surface area contributed by atoms with E-state index in [0.29, 0.717) is 0 Å². The van der Waals surface area contributed by atoms with Gasteiger partial charge in [0.1, 0.15) is 18.5 Å². The summed E-state index contributed by atoms with van der Waals surface area (Å²) >= 11 is 10.3. The van der Waals surface area contributed by atoms with Crippen molar-refractivity contribution in [1.82, 2.24) is 29.5 Å². The first-order valence-corrected chi connectivity index (χ1v) is 18.1. The Labute approximate surface area is 259 Å². The Morgan fingerprint density at radius 2 is 1.84 bits per heavy atom. The van der Waals surface area contributed by atoms with Crippen LogP contribution in [0.25, 0.3) is 11.2 Å². The van der Waals surface area contributed by atoms with Gasteiger partial charge in [-0.15, -0.1) is 10.5 Å². The highest BCUT2D eigenvalue weighted by molar-refractivity contribution is 8.07. The van der Waals surface area contributed by atoms with Gasteiger partial charge in [-0.1, -0.05) is 0 Å². The molecule has 7 heterocycles. The summed E-state index contributed by atoms with van der Waals surface area (Å²) in [7, 11) is 0. The average Bonchev–Trinajstić information content (AvgIpc) is 3.71. The number of rotatable bonds is 2. The van der Waals surface area contributed by atoms with Crippen molar-refractivity contribution in [1.29, 1.82) is 0 Å². The van der Waals surface area contributed by atoms with Gasteiger partial charge < -0.3 is 44.3 Å². The number of hydrogen-bond donors (Lipinski definition) is 7. The zero-order chi connectivity index (χ0) is 31.9. The summed E-state index contributed by atoms with van der Waals surface area (Å²) in [5.41, 5.74) is 15.0. The number of imidazole rings is 1. The summed E-state index contributed by atoms with van der Waals surface area (Å²) in [4.78, 5) is 52.6. The standard InChI is InChI=1S/C19H23F2N11O9P2S2/c20-19(21)11-8(39-17(19)32-13-9(29-30-32)12(22)24-4-25-13)3-37-42(34,44)40-7-1-6(2-36-43(35,45)41-11)38-16(7)31-5-26-10-14(31)27-18(23)28-15(10)33/h4-8,11,16-17,29-30H,1-3H2,(H,34,44)(H,35,45)(H2,22,24,25)(H3,23,27,28,33)/p+1/t6-,7+,8+,11+,16+,17+,42?,43?/m0/s1. The number of alkyl halides is 2. The van der Waals surface area contributed by atoms with E-state index >= 15 is 8.78 Å². The van der Waals surface area contributed by atoms with Crippen LogP contribution in [0.1, 0.15) is 12.6 Å². The number of nitrogens with one attached hydrogen (secondary N) is 2. The van der Waals surface area contributed by atoms with Crippen LogP contribution in [0, 0.1) is 0 Å². The molecule has 0 saturated carbocycles. The van der Waals surface area contributed by atoms with Crippen LogP contribution in [0.2, 0.25) is 0 Å². The predicted octanol–water partition coefficient (Wildman–Crippen LogP) is -1.70. The molecule has 26 heteroatoms. The van der Waals surface area contributed by atoms with Gasteiger partial charge in [0.05, 0.1) is 25.6 Å². The minimum atomic E-state index is -4.40. The van der Waals surface area contributed by atoms with Gasteiger partial charge in [0, 0.05) is 6.42 Å². The van der Waals surface area contributed by atoms with Crippen molar-refractivity contribution in [3.05, 3.63) is 23.0 Å². The second-order valence-corrected chi connectivity index (χ2v) is 15.8. The number of nitrogen functional groups attached to an aromatic ring is 3. The minimum Gasteiger partial charge on any atom is -0.382 e. The molecule has 8 atom stereocenters. The largest absolute Gasteiger partial charge is 0.382 e. The maximum Gasteiger partial charge on any atom is 0.325 e.